The Bertz CT molecular complexity index is 1730. The summed E-state index contributed by atoms with van der Waals surface area (Å²) in [7, 11) is 1.99. The molecule has 0 radical (unpaired) electrons. The number of aryl methyl sites for hydroxylation is 2. The molecule has 5 aromatic rings. The first-order chi connectivity index (χ1) is 21.0. The largest absolute Gasteiger partial charge is 0.383 e. The third-order valence-electron chi connectivity index (χ3n) is 8.32. The number of benzene rings is 1. The Balaban J connectivity index is 0.000000214. The van der Waals surface area contributed by atoms with Crippen LogP contribution >= 0.6 is 0 Å². The van der Waals surface area contributed by atoms with Gasteiger partial charge in [-0.25, -0.2) is 19.6 Å². The monoisotopic (exact) mass is 575 g/mol. The lowest BCUT2D eigenvalue weighted by molar-refractivity contribution is -0.117. The topological polar surface area (TPSA) is 129 Å². The van der Waals surface area contributed by atoms with Gasteiger partial charge in [0.1, 0.15) is 11.3 Å². The highest BCUT2D eigenvalue weighted by Crippen LogP contribution is 2.32. The Kier molecular flexibility index (Phi) is 8.28. The zero-order chi connectivity index (χ0) is 29.8. The minimum atomic E-state index is -0.0482. The van der Waals surface area contributed by atoms with Crippen molar-refractivity contribution in [3.63, 3.8) is 0 Å². The van der Waals surface area contributed by atoms with Crippen molar-refractivity contribution in [2.24, 2.45) is 0 Å². The fraction of sp³-hybridized carbons (Fsp3) is 0.303. The molecule has 2 aliphatic rings. The molecular formula is C33H37N9O. The Morgan fingerprint density at radius 1 is 1.00 bits per heavy atom. The first kappa shape index (κ1) is 28.3. The number of imidazole rings is 1. The summed E-state index contributed by atoms with van der Waals surface area (Å²) in [4.78, 5) is 25.0. The van der Waals surface area contributed by atoms with Crippen LogP contribution in [-0.4, -0.2) is 54.3 Å². The van der Waals surface area contributed by atoms with E-state index in [2.05, 4.69) is 50.1 Å². The second-order valence-corrected chi connectivity index (χ2v) is 11.0. The standard InChI is InChI=1S/C23H19N7.C10H18N2O/c24-21-18(6-2-11-25-21)22-27-19-9-10-20(29-13-3-12-26-29)28-23(19)30(22)17-8-7-15-4-1-5-16(15)14-17;1-3-10(13)12-9-6-4-8(11-2)5-7-9/h2-3,6-14H,1,4-5H2,(H2,24,25);3,8-9,11H,1,4-7H2,2H3,(H,12,13). The van der Waals surface area contributed by atoms with Crippen LogP contribution in [0.3, 0.4) is 0 Å². The fourth-order valence-electron chi connectivity index (χ4n) is 5.99. The van der Waals surface area contributed by atoms with Crippen LogP contribution in [0.2, 0.25) is 0 Å². The van der Waals surface area contributed by atoms with Crippen LogP contribution < -0.4 is 16.4 Å². The zero-order valence-electron chi connectivity index (χ0n) is 24.4. The predicted molar refractivity (Wildman–Crippen MR) is 169 cm³/mol. The molecule has 43 heavy (non-hydrogen) atoms. The second kappa shape index (κ2) is 12.6. The first-order valence-electron chi connectivity index (χ1n) is 14.9. The molecule has 4 aromatic heterocycles. The van der Waals surface area contributed by atoms with Crippen molar-refractivity contribution in [1.82, 2.24) is 39.9 Å². The average molecular weight is 576 g/mol. The molecule has 1 amide bonds. The van der Waals surface area contributed by atoms with E-state index in [4.69, 9.17) is 15.7 Å². The van der Waals surface area contributed by atoms with Gasteiger partial charge < -0.3 is 16.4 Å². The lowest BCUT2D eigenvalue weighted by Gasteiger charge is -2.28. The smallest absolute Gasteiger partial charge is 0.243 e. The lowest BCUT2D eigenvalue weighted by Crippen LogP contribution is -2.40. The van der Waals surface area contributed by atoms with Crippen molar-refractivity contribution < 1.29 is 4.79 Å². The molecule has 0 saturated heterocycles. The summed E-state index contributed by atoms with van der Waals surface area (Å²) >= 11 is 0. The van der Waals surface area contributed by atoms with E-state index in [1.165, 1.54) is 23.6 Å². The average Bonchev–Trinajstić information content (AvgIpc) is 3.81. The van der Waals surface area contributed by atoms with E-state index in [-0.39, 0.29) is 5.91 Å². The molecule has 10 heteroatoms. The van der Waals surface area contributed by atoms with E-state index in [0.29, 0.717) is 17.9 Å². The van der Waals surface area contributed by atoms with Crippen LogP contribution in [0.25, 0.3) is 34.1 Å². The third kappa shape index (κ3) is 6.05. The number of nitrogens with one attached hydrogen (secondary N) is 2. The summed E-state index contributed by atoms with van der Waals surface area (Å²) in [6.45, 7) is 3.43. The van der Waals surface area contributed by atoms with Crippen molar-refractivity contribution in [3.05, 3.63) is 90.9 Å². The van der Waals surface area contributed by atoms with Crippen molar-refractivity contribution in [3.8, 4) is 22.9 Å². The summed E-state index contributed by atoms with van der Waals surface area (Å²) in [5, 5.41) is 10.5. The van der Waals surface area contributed by atoms with Gasteiger partial charge in [0.2, 0.25) is 5.91 Å². The number of amides is 1. The summed E-state index contributed by atoms with van der Waals surface area (Å²) in [6.07, 6.45) is 14.5. The highest BCUT2D eigenvalue weighted by atomic mass is 16.1. The second-order valence-electron chi connectivity index (χ2n) is 11.0. The molecule has 1 aromatic carbocycles. The van der Waals surface area contributed by atoms with Gasteiger partial charge in [0, 0.05) is 36.4 Å². The summed E-state index contributed by atoms with van der Waals surface area (Å²) in [5.74, 6) is 1.87. The van der Waals surface area contributed by atoms with Gasteiger partial charge in [-0.1, -0.05) is 12.6 Å². The maximum Gasteiger partial charge on any atom is 0.243 e. The molecule has 4 heterocycles. The number of nitrogens with zero attached hydrogens (tertiary/aromatic N) is 6. The van der Waals surface area contributed by atoms with Gasteiger partial charge >= 0.3 is 0 Å². The molecule has 0 atom stereocenters. The molecular weight excluding hydrogens is 538 g/mol. The molecule has 0 bridgehead atoms. The van der Waals surface area contributed by atoms with Gasteiger partial charge in [0.15, 0.2) is 17.3 Å². The van der Waals surface area contributed by atoms with E-state index >= 15 is 0 Å². The molecule has 7 rings (SSSR count). The number of hydrogen-bond donors (Lipinski definition) is 3. The summed E-state index contributed by atoms with van der Waals surface area (Å²) in [6, 6.07) is 17.2. The minimum Gasteiger partial charge on any atom is -0.383 e. The van der Waals surface area contributed by atoms with Gasteiger partial charge in [-0.15, -0.1) is 0 Å². The number of nitrogen functional groups attached to an aromatic ring is 1. The van der Waals surface area contributed by atoms with Crippen molar-refractivity contribution in [2.75, 3.05) is 12.8 Å². The number of fused-ring (bicyclic) bond motifs is 2. The Labute approximate surface area is 251 Å². The SMILES string of the molecule is C=CC(=O)NC1CCC(NC)CC1.Nc1ncccc1-c1nc2ccc(-n3cccn3)nc2n1-c1ccc2c(c1)CCC2. The van der Waals surface area contributed by atoms with Gasteiger partial charge in [-0.3, -0.25) is 9.36 Å². The van der Waals surface area contributed by atoms with Gasteiger partial charge in [-0.05, 0) is 112 Å². The molecule has 220 valence electrons. The summed E-state index contributed by atoms with van der Waals surface area (Å²) < 4.78 is 3.83. The van der Waals surface area contributed by atoms with Gasteiger partial charge in [0.25, 0.3) is 0 Å². The maximum atomic E-state index is 11.0. The van der Waals surface area contributed by atoms with E-state index in [9.17, 15) is 4.79 Å². The molecule has 0 unspecified atom stereocenters. The van der Waals surface area contributed by atoms with Crippen LogP contribution in [-0.2, 0) is 17.6 Å². The minimum absolute atomic E-state index is 0.0482. The van der Waals surface area contributed by atoms with Crippen molar-refractivity contribution in [2.45, 2.75) is 57.0 Å². The molecule has 4 N–H and O–H groups in total. The molecule has 1 saturated carbocycles. The maximum absolute atomic E-state index is 11.0. The van der Waals surface area contributed by atoms with Crippen LogP contribution in [0.4, 0.5) is 5.82 Å². The van der Waals surface area contributed by atoms with E-state index in [0.717, 1.165) is 72.6 Å². The fourth-order valence-corrected chi connectivity index (χ4v) is 5.99. The predicted octanol–water partition coefficient (Wildman–Crippen LogP) is 4.56. The number of rotatable bonds is 6. The molecule has 10 nitrogen and oxygen atoms in total. The van der Waals surface area contributed by atoms with Gasteiger partial charge in [-0.2, -0.15) is 5.10 Å². The zero-order valence-corrected chi connectivity index (χ0v) is 24.4. The number of anilines is 1. The lowest BCUT2D eigenvalue weighted by atomic mass is 9.91. The molecule has 0 aliphatic heterocycles. The highest BCUT2D eigenvalue weighted by molar-refractivity contribution is 5.87. The number of hydrogen-bond acceptors (Lipinski definition) is 7. The van der Waals surface area contributed by atoms with Crippen LogP contribution in [0.1, 0.15) is 43.2 Å². The molecule has 0 spiro atoms. The number of carbonyl (C=O) groups excluding carboxylic acids is 1. The number of nitrogens with two attached hydrogens (primary N) is 1. The number of aromatic nitrogens is 6. The molecule has 1 fully saturated rings. The third-order valence-corrected chi connectivity index (χ3v) is 8.32. The number of carbonyl (C=O) groups is 1. The summed E-state index contributed by atoms with van der Waals surface area (Å²) in [5.41, 5.74) is 12.4. The van der Waals surface area contributed by atoms with Crippen LogP contribution in [0.5, 0.6) is 0 Å². The van der Waals surface area contributed by atoms with Crippen molar-refractivity contribution in [1.29, 1.82) is 0 Å². The van der Waals surface area contributed by atoms with E-state index < -0.39 is 0 Å². The Morgan fingerprint density at radius 2 is 1.81 bits per heavy atom. The number of pyridine rings is 2. The normalized spacial score (nSPS) is 17.6. The Hall–Kier alpha value is -4.83. The van der Waals surface area contributed by atoms with Crippen LogP contribution in [0.15, 0.2) is 79.8 Å². The van der Waals surface area contributed by atoms with Crippen LogP contribution in [0, 0.1) is 0 Å². The van der Waals surface area contributed by atoms with E-state index in [1.54, 1.807) is 17.1 Å². The van der Waals surface area contributed by atoms with Crippen molar-refractivity contribution >= 4 is 22.9 Å². The van der Waals surface area contributed by atoms with Gasteiger partial charge in [0.05, 0.1) is 5.56 Å². The first-order valence-corrected chi connectivity index (χ1v) is 14.9. The highest BCUT2D eigenvalue weighted by Gasteiger charge is 2.21. The Morgan fingerprint density at radius 3 is 2.56 bits per heavy atom. The van der Waals surface area contributed by atoms with E-state index in [1.807, 2.05) is 43.6 Å². The quantitative estimate of drug-likeness (QED) is 0.253. The molecule has 2 aliphatic carbocycles.